The predicted octanol–water partition coefficient (Wildman–Crippen LogP) is 3.87. The smallest absolute Gasteiger partial charge is 0.250 e. The lowest BCUT2D eigenvalue weighted by Gasteiger charge is -2.44. The van der Waals surface area contributed by atoms with E-state index in [2.05, 4.69) is 56.0 Å². The molecule has 1 aliphatic rings. The van der Waals surface area contributed by atoms with Crippen LogP contribution in [0.25, 0.3) is 0 Å². The zero-order chi connectivity index (χ0) is 18.8. The minimum absolute atomic E-state index is 0.0606. The Morgan fingerprint density at radius 1 is 1.15 bits per heavy atom. The van der Waals surface area contributed by atoms with Crippen molar-refractivity contribution in [2.24, 2.45) is 0 Å². The van der Waals surface area contributed by atoms with E-state index in [-0.39, 0.29) is 18.0 Å². The van der Waals surface area contributed by atoms with Crippen LogP contribution in [-0.2, 0) is 16.0 Å². The highest BCUT2D eigenvalue weighted by Gasteiger charge is 2.31. The van der Waals surface area contributed by atoms with Crippen LogP contribution in [0.1, 0.15) is 45.6 Å². The van der Waals surface area contributed by atoms with Crippen LogP contribution in [-0.4, -0.2) is 54.0 Å². The fourth-order valence-electron chi connectivity index (χ4n) is 3.69. The first-order valence-corrected chi connectivity index (χ1v) is 9.98. The van der Waals surface area contributed by atoms with E-state index < -0.39 is 0 Å². The maximum absolute atomic E-state index is 12.5. The number of carbonyl (C=O) groups is 1. The second-order valence-electron chi connectivity index (χ2n) is 7.32. The van der Waals surface area contributed by atoms with Crippen LogP contribution in [0.15, 0.2) is 42.7 Å². The Labute approximate surface area is 158 Å². The number of amides is 1. The van der Waals surface area contributed by atoms with Crippen LogP contribution < -0.4 is 0 Å². The largest absolute Gasteiger partial charge is 0.501 e. The summed E-state index contributed by atoms with van der Waals surface area (Å²) in [7, 11) is 0. The molecule has 1 amide bonds. The lowest BCUT2D eigenvalue weighted by molar-refractivity contribution is -0.133. The summed E-state index contributed by atoms with van der Waals surface area (Å²) in [6.07, 6.45) is 7.52. The molecule has 1 aliphatic heterocycles. The van der Waals surface area contributed by atoms with Crippen LogP contribution in [0.4, 0.5) is 0 Å². The van der Waals surface area contributed by atoms with Gasteiger partial charge in [-0.05, 0) is 45.2 Å². The molecule has 0 aromatic heterocycles. The van der Waals surface area contributed by atoms with E-state index in [1.807, 2.05) is 4.90 Å². The SMILES string of the molecule is CCCCOC=CC(=O)N1[C@H](C)CN(CCCc2ccccc2)C[C@@H]1C. The Kier molecular flexibility index (Phi) is 8.69. The fourth-order valence-corrected chi connectivity index (χ4v) is 3.69. The number of hydrogen-bond acceptors (Lipinski definition) is 3. The van der Waals surface area contributed by atoms with Gasteiger partial charge in [0.15, 0.2) is 0 Å². The van der Waals surface area contributed by atoms with Crippen molar-refractivity contribution >= 4 is 5.91 Å². The average molecular weight is 359 g/mol. The fraction of sp³-hybridized carbons (Fsp3) is 0.591. The second-order valence-corrected chi connectivity index (χ2v) is 7.32. The highest BCUT2D eigenvalue weighted by atomic mass is 16.5. The molecule has 0 radical (unpaired) electrons. The summed E-state index contributed by atoms with van der Waals surface area (Å²) in [6.45, 7) is 10.1. The third kappa shape index (κ3) is 6.49. The summed E-state index contributed by atoms with van der Waals surface area (Å²) in [5, 5.41) is 0. The van der Waals surface area contributed by atoms with Crippen molar-refractivity contribution in [1.82, 2.24) is 9.80 Å². The Balaban J connectivity index is 1.76. The Morgan fingerprint density at radius 2 is 1.85 bits per heavy atom. The molecule has 2 atom stereocenters. The quantitative estimate of drug-likeness (QED) is 0.382. The molecule has 144 valence electrons. The van der Waals surface area contributed by atoms with Gasteiger partial charge in [0.25, 0.3) is 0 Å². The van der Waals surface area contributed by atoms with Crippen LogP contribution >= 0.6 is 0 Å². The second kappa shape index (κ2) is 11.0. The molecule has 1 aromatic carbocycles. The molecule has 0 aliphatic carbocycles. The number of carbonyl (C=O) groups excluding carboxylic acids is 1. The number of aryl methyl sites for hydroxylation is 1. The van der Waals surface area contributed by atoms with E-state index in [9.17, 15) is 4.79 Å². The van der Waals surface area contributed by atoms with Crippen molar-refractivity contribution < 1.29 is 9.53 Å². The van der Waals surface area contributed by atoms with Crippen molar-refractivity contribution in [2.75, 3.05) is 26.2 Å². The summed E-state index contributed by atoms with van der Waals surface area (Å²) < 4.78 is 5.38. The third-order valence-electron chi connectivity index (χ3n) is 4.95. The molecular formula is C22H34N2O2. The molecule has 2 rings (SSSR count). The summed E-state index contributed by atoms with van der Waals surface area (Å²) in [4.78, 5) is 17.0. The van der Waals surface area contributed by atoms with Crippen molar-refractivity contribution in [3.63, 3.8) is 0 Å². The zero-order valence-corrected chi connectivity index (χ0v) is 16.6. The number of rotatable bonds is 9. The van der Waals surface area contributed by atoms with E-state index in [4.69, 9.17) is 4.74 Å². The van der Waals surface area contributed by atoms with Gasteiger partial charge in [-0.1, -0.05) is 43.7 Å². The van der Waals surface area contributed by atoms with Crippen LogP contribution in [0.2, 0.25) is 0 Å². The molecular weight excluding hydrogens is 324 g/mol. The van der Waals surface area contributed by atoms with Crippen molar-refractivity contribution in [2.45, 2.75) is 58.5 Å². The van der Waals surface area contributed by atoms with Gasteiger partial charge in [0, 0.05) is 31.2 Å². The molecule has 0 N–H and O–H groups in total. The molecule has 1 fully saturated rings. The summed E-state index contributed by atoms with van der Waals surface area (Å²) >= 11 is 0. The van der Waals surface area contributed by atoms with Crippen molar-refractivity contribution in [3.8, 4) is 0 Å². The van der Waals surface area contributed by atoms with Gasteiger partial charge in [0.1, 0.15) is 0 Å². The number of hydrogen-bond donors (Lipinski definition) is 0. The van der Waals surface area contributed by atoms with Gasteiger partial charge < -0.3 is 9.64 Å². The third-order valence-corrected chi connectivity index (χ3v) is 4.95. The Bertz CT molecular complexity index is 547. The Morgan fingerprint density at radius 3 is 2.50 bits per heavy atom. The molecule has 0 unspecified atom stereocenters. The van der Waals surface area contributed by atoms with Gasteiger partial charge in [-0.3, -0.25) is 9.69 Å². The standard InChI is InChI=1S/C22H34N2O2/c1-4-5-15-26-16-13-22(25)24-19(2)17-23(18-20(24)3)14-9-12-21-10-7-6-8-11-21/h6-8,10-11,13,16,19-20H,4-5,9,12,14-15,17-18H2,1-3H3/t19-,20+. The van der Waals surface area contributed by atoms with Crippen LogP contribution in [0.3, 0.4) is 0 Å². The van der Waals surface area contributed by atoms with Gasteiger partial charge in [0.2, 0.25) is 5.91 Å². The number of ether oxygens (including phenoxy) is 1. The average Bonchev–Trinajstić information content (AvgIpc) is 2.62. The molecule has 1 aromatic rings. The summed E-state index contributed by atoms with van der Waals surface area (Å²) in [5.74, 6) is 0.0606. The predicted molar refractivity (Wildman–Crippen MR) is 107 cm³/mol. The number of nitrogens with zero attached hydrogens (tertiary/aromatic N) is 2. The Hall–Kier alpha value is -1.81. The molecule has 0 spiro atoms. The molecule has 26 heavy (non-hydrogen) atoms. The number of benzene rings is 1. The van der Waals surface area contributed by atoms with Gasteiger partial charge in [-0.2, -0.15) is 0 Å². The highest BCUT2D eigenvalue weighted by molar-refractivity contribution is 5.88. The lowest BCUT2D eigenvalue weighted by atomic mass is 10.1. The molecule has 1 saturated heterocycles. The lowest BCUT2D eigenvalue weighted by Crippen LogP contribution is -2.58. The van der Waals surface area contributed by atoms with Crippen molar-refractivity contribution in [3.05, 3.63) is 48.2 Å². The minimum atomic E-state index is 0.0606. The van der Waals surface area contributed by atoms with Crippen LogP contribution in [0.5, 0.6) is 0 Å². The van der Waals surface area contributed by atoms with Gasteiger partial charge in [-0.15, -0.1) is 0 Å². The van der Waals surface area contributed by atoms with Crippen molar-refractivity contribution in [1.29, 1.82) is 0 Å². The monoisotopic (exact) mass is 358 g/mol. The van der Waals surface area contributed by atoms with Gasteiger partial charge in [-0.25, -0.2) is 0 Å². The maximum Gasteiger partial charge on any atom is 0.250 e. The van der Waals surface area contributed by atoms with Gasteiger partial charge in [0.05, 0.1) is 12.9 Å². The molecule has 0 bridgehead atoms. The first-order chi connectivity index (χ1) is 12.6. The van der Waals surface area contributed by atoms with E-state index in [0.29, 0.717) is 6.61 Å². The van der Waals surface area contributed by atoms with E-state index >= 15 is 0 Å². The van der Waals surface area contributed by atoms with Gasteiger partial charge >= 0.3 is 0 Å². The van der Waals surface area contributed by atoms with Crippen LogP contribution in [0, 0.1) is 0 Å². The first kappa shape index (κ1) is 20.5. The highest BCUT2D eigenvalue weighted by Crippen LogP contribution is 2.17. The zero-order valence-electron chi connectivity index (χ0n) is 16.6. The topological polar surface area (TPSA) is 32.8 Å². The van der Waals surface area contributed by atoms with E-state index in [0.717, 1.165) is 45.3 Å². The number of piperazine rings is 1. The normalized spacial score (nSPS) is 21.3. The molecule has 4 nitrogen and oxygen atoms in total. The van der Waals surface area contributed by atoms with E-state index in [1.54, 1.807) is 12.3 Å². The number of unbranched alkanes of at least 4 members (excludes halogenated alkanes) is 1. The molecule has 0 saturated carbocycles. The minimum Gasteiger partial charge on any atom is -0.501 e. The maximum atomic E-state index is 12.5. The molecule has 4 heteroatoms. The summed E-state index contributed by atoms with van der Waals surface area (Å²) in [6, 6.07) is 11.1. The first-order valence-electron chi connectivity index (χ1n) is 9.98. The molecule has 1 heterocycles. The van der Waals surface area contributed by atoms with E-state index in [1.165, 1.54) is 5.56 Å². The summed E-state index contributed by atoms with van der Waals surface area (Å²) in [5.41, 5.74) is 1.40.